The van der Waals surface area contributed by atoms with Crippen LogP contribution in [-0.4, -0.2) is 8.42 Å². The zero-order chi connectivity index (χ0) is 9.35. The minimum atomic E-state index is -3.68. The molecular formula is C6H3Cl2IO2S. The van der Waals surface area contributed by atoms with Crippen LogP contribution in [-0.2, 0) is 9.05 Å². The van der Waals surface area contributed by atoms with Gasteiger partial charge in [-0.25, -0.2) is 8.42 Å². The summed E-state index contributed by atoms with van der Waals surface area (Å²) in [5.41, 5.74) is 0. The molecule has 0 bridgehead atoms. The Labute approximate surface area is 93.4 Å². The van der Waals surface area contributed by atoms with Gasteiger partial charge in [0.1, 0.15) is 0 Å². The van der Waals surface area contributed by atoms with Crippen LogP contribution in [0.25, 0.3) is 0 Å². The largest absolute Gasteiger partial charge is 0.262 e. The van der Waals surface area contributed by atoms with Gasteiger partial charge in [-0.3, -0.25) is 0 Å². The average molecular weight is 337 g/mol. The molecule has 1 aromatic rings. The first kappa shape index (κ1) is 10.6. The van der Waals surface area contributed by atoms with E-state index in [1.165, 1.54) is 6.07 Å². The van der Waals surface area contributed by atoms with Crippen LogP contribution >= 0.6 is 44.9 Å². The van der Waals surface area contributed by atoms with Crippen LogP contribution in [0.5, 0.6) is 0 Å². The second kappa shape index (κ2) is 3.69. The minimum Gasteiger partial charge on any atom is -0.207 e. The topological polar surface area (TPSA) is 34.1 Å². The number of hydrogen-bond donors (Lipinski definition) is 0. The SMILES string of the molecule is O=S(=O)(Cl)c1cc(Cl)ccc1I. The molecule has 66 valence electrons. The fraction of sp³-hybridized carbons (Fsp3) is 0. The number of hydrogen-bond acceptors (Lipinski definition) is 2. The fourth-order valence-corrected chi connectivity index (χ4v) is 3.45. The Kier molecular flexibility index (Phi) is 3.25. The highest BCUT2D eigenvalue weighted by Crippen LogP contribution is 2.24. The summed E-state index contributed by atoms with van der Waals surface area (Å²) in [7, 11) is 1.47. The maximum Gasteiger partial charge on any atom is 0.262 e. The first-order valence-electron chi connectivity index (χ1n) is 2.81. The zero-order valence-corrected chi connectivity index (χ0v) is 10.1. The van der Waals surface area contributed by atoms with Crippen LogP contribution in [0.15, 0.2) is 23.1 Å². The summed E-state index contributed by atoms with van der Waals surface area (Å²) in [5, 5.41) is 0.356. The van der Waals surface area contributed by atoms with Crippen molar-refractivity contribution in [1.82, 2.24) is 0 Å². The van der Waals surface area contributed by atoms with Crippen molar-refractivity contribution in [1.29, 1.82) is 0 Å². The van der Waals surface area contributed by atoms with Crippen LogP contribution in [0.3, 0.4) is 0 Å². The molecule has 0 N–H and O–H groups in total. The van der Waals surface area contributed by atoms with Crippen LogP contribution in [0, 0.1) is 3.57 Å². The molecule has 0 spiro atoms. The lowest BCUT2D eigenvalue weighted by Gasteiger charge is -1.99. The Morgan fingerprint density at radius 2 is 1.92 bits per heavy atom. The molecular weight excluding hydrogens is 334 g/mol. The van der Waals surface area contributed by atoms with Crippen molar-refractivity contribution in [2.45, 2.75) is 4.90 Å². The maximum atomic E-state index is 10.9. The first-order chi connectivity index (χ1) is 5.41. The molecule has 0 radical (unpaired) electrons. The molecule has 0 aliphatic rings. The molecule has 2 nitrogen and oxygen atoms in total. The van der Waals surface area contributed by atoms with Gasteiger partial charge < -0.3 is 0 Å². The second-order valence-corrected chi connectivity index (χ2v) is 6.15. The van der Waals surface area contributed by atoms with E-state index in [0.717, 1.165) is 0 Å². The minimum absolute atomic E-state index is 0.0530. The molecule has 0 atom stereocenters. The van der Waals surface area contributed by atoms with E-state index in [-0.39, 0.29) is 4.90 Å². The quantitative estimate of drug-likeness (QED) is 0.583. The highest BCUT2D eigenvalue weighted by Gasteiger charge is 2.14. The van der Waals surface area contributed by atoms with Crippen molar-refractivity contribution >= 4 is 53.9 Å². The first-order valence-corrected chi connectivity index (χ1v) is 6.57. The fourth-order valence-electron chi connectivity index (χ4n) is 0.664. The van der Waals surface area contributed by atoms with Crippen molar-refractivity contribution in [3.63, 3.8) is 0 Å². The number of benzene rings is 1. The van der Waals surface area contributed by atoms with Crippen molar-refractivity contribution in [3.8, 4) is 0 Å². The van der Waals surface area contributed by atoms with Gasteiger partial charge >= 0.3 is 0 Å². The lowest BCUT2D eigenvalue weighted by Crippen LogP contribution is -1.93. The Hall–Kier alpha value is 0.480. The highest BCUT2D eigenvalue weighted by molar-refractivity contribution is 14.1. The Bertz CT molecular complexity index is 402. The van der Waals surface area contributed by atoms with Crippen LogP contribution in [0.4, 0.5) is 0 Å². The summed E-state index contributed by atoms with van der Waals surface area (Å²) in [4.78, 5) is 0.0530. The summed E-state index contributed by atoms with van der Waals surface area (Å²) in [6, 6.07) is 4.53. The van der Waals surface area contributed by atoms with Gasteiger partial charge in [-0.15, -0.1) is 0 Å². The molecule has 0 fully saturated rings. The number of rotatable bonds is 1. The molecule has 0 unspecified atom stereocenters. The summed E-state index contributed by atoms with van der Waals surface area (Å²) >= 11 is 7.48. The third-order valence-electron chi connectivity index (χ3n) is 1.16. The lowest BCUT2D eigenvalue weighted by molar-refractivity contribution is 0.609. The van der Waals surface area contributed by atoms with E-state index >= 15 is 0 Å². The van der Waals surface area contributed by atoms with Crippen LogP contribution in [0.1, 0.15) is 0 Å². The second-order valence-electron chi connectivity index (χ2n) is 2.01. The maximum absolute atomic E-state index is 10.9. The predicted molar refractivity (Wildman–Crippen MR) is 57.2 cm³/mol. The molecule has 0 amide bonds. The third kappa shape index (κ3) is 2.48. The van der Waals surface area contributed by atoms with E-state index in [2.05, 4.69) is 0 Å². The van der Waals surface area contributed by atoms with Crippen molar-refractivity contribution in [3.05, 3.63) is 26.8 Å². The van der Waals surface area contributed by atoms with Gasteiger partial charge in [0.05, 0.1) is 4.90 Å². The molecule has 0 aromatic heterocycles. The lowest BCUT2D eigenvalue weighted by atomic mass is 10.4. The van der Waals surface area contributed by atoms with Gasteiger partial charge in [0, 0.05) is 19.3 Å². The van der Waals surface area contributed by atoms with E-state index in [1.54, 1.807) is 12.1 Å². The van der Waals surface area contributed by atoms with E-state index in [9.17, 15) is 8.42 Å². The van der Waals surface area contributed by atoms with Gasteiger partial charge in [-0.2, -0.15) is 0 Å². The van der Waals surface area contributed by atoms with Crippen molar-refractivity contribution in [2.24, 2.45) is 0 Å². The smallest absolute Gasteiger partial charge is 0.207 e. The van der Waals surface area contributed by atoms with Crippen molar-refractivity contribution < 1.29 is 8.42 Å². The zero-order valence-electron chi connectivity index (χ0n) is 5.59. The number of halogens is 3. The van der Waals surface area contributed by atoms with E-state index in [4.69, 9.17) is 22.3 Å². The molecule has 0 saturated heterocycles. The highest BCUT2D eigenvalue weighted by atomic mass is 127. The standard InChI is InChI=1S/C6H3Cl2IO2S/c7-4-1-2-5(9)6(3-4)12(8,10)11/h1-3H. The van der Waals surface area contributed by atoms with E-state index in [1.807, 2.05) is 22.6 Å². The molecule has 0 heterocycles. The summed E-state index contributed by atoms with van der Waals surface area (Å²) in [5.74, 6) is 0. The average Bonchev–Trinajstić information content (AvgIpc) is 1.92. The third-order valence-corrected chi connectivity index (χ3v) is 4.06. The molecule has 0 saturated carbocycles. The predicted octanol–water partition coefficient (Wildman–Crippen LogP) is 2.87. The normalized spacial score (nSPS) is 11.6. The van der Waals surface area contributed by atoms with E-state index < -0.39 is 9.05 Å². The monoisotopic (exact) mass is 336 g/mol. The molecule has 0 aliphatic heterocycles. The van der Waals surface area contributed by atoms with E-state index in [0.29, 0.717) is 8.59 Å². The van der Waals surface area contributed by atoms with Crippen LogP contribution in [0.2, 0.25) is 5.02 Å². The Morgan fingerprint density at radius 1 is 1.33 bits per heavy atom. The van der Waals surface area contributed by atoms with Crippen molar-refractivity contribution in [2.75, 3.05) is 0 Å². The molecule has 6 heteroatoms. The van der Waals surface area contributed by atoms with Gasteiger partial charge in [0.25, 0.3) is 9.05 Å². The van der Waals surface area contributed by atoms with Gasteiger partial charge in [0.15, 0.2) is 0 Å². The Morgan fingerprint density at radius 3 is 2.33 bits per heavy atom. The van der Waals surface area contributed by atoms with Gasteiger partial charge in [-0.1, -0.05) is 11.6 Å². The Balaban J connectivity index is 3.43. The summed E-state index contributed by atoms with van der Waals surface area (Å²) in [6.07, 6.45) is 0. The summed E-state index contributed by atoms with van der Waals surface area (Å²) in [6.45, 7) is 0. The summed E-state index contributed by atoms with van der Waals surface area (Å²) < 4.78 is 22.4. The molecule has 12 heavy (non-hydrogen) atoms. The molecule has 1 aromatic carbocycles. The van der Waals surface area contributed by atoms with Crippen LogP contribution < -0.4 is 0 Å². The molecule has 0 aliphatic carbocycles. The van der Waals surface area contributed by atoms with Gasteiger partial charge in [-0.05, 0) is 40.8 Å². The molecule has 1 rings (SSSR count). The van der Waals surface area contributed by atoms with Gasteiger partial charge in [0.2, 0.25) is 0 Å².